The molecular formula is C10H15N5OS. The van der Waals surface area contributed by atoms with E-state index in [1.54, 1.807) is 11.7 Å². The van der Waals surface area contributed by atoms with Gasteiger partial charge < -0.3 is 0 Å². The number of unbranched alkanes of at least 4 members (excludes halogenated alkanes) is 2. The van der Waals surface area contributed by atoms with Crippen LogP contribution in [-0.4, -0.2) is 30.5 Å². The number of rotatable bonds is 5. The van der Waals surface area contributed by atoms with Gasteiger partial charge in [0.25, 0.3) is 5.56 Å². The fourth-order valence-electron chi connectivity index (χ4n) is 1.67. The molecule has 7 heteroatoms. The van der Waals surface area contributed by atoms with Crippen LogP contribution in [0.1, 0.15) is 19.3 Å². The van der Waals surface area contributed by atoms with E-state index in [-0.39, 0.29) is 5.56 Å². The van der Waals surface area contributed by atoms with E-state index < -0.39 is 0 Å². The van der Waals surface area contributed by atoms with Crippen molar-refractivity contribution in [1.82, 2.24) is 24.8 Å². The zero-order chi connectivity index (χ0) is 12.3. The molecule has 0 spiro atoms. The van der Waals surface area contributed by atoms with Gasteiger partial charge in [0, 0.05) is 13.6 Å². The van der Waals surface area contributed by atoms with E-state index in [0.717, 1.165) is 25.0 Å². The first-order valence-corrected chi connectivity index (χ1v) is 6.23. The molecule has 0 N–H and O–H groups in total. The van der Waals surface area contributed by atoms with Gasteiger partial charge in [0.15, 0.2) is 5.65 Å². The Morgan fingerprint density at radius 1 is 1.35 bits per heavy atom. The lowest BCUT2D eigenvalue weighted by Crippen LogP contribution is -2.24. The summed E-state index contributed by atoms with van der Waals surface area (Å²) in [4.78, 5) is 12.0. The van der Waals surface area contributed by atoms with Gasteiger partial charge in [0.2, 0.25) is 0 Å². The largest absolute Gasteiger partial charge is 0.280 e. The van der Waals surface area contributed by atoms with E-state index in [1.807, 2.05) is 0 Å². The summed E-state index contributed by atoms with van der Waals surface area (Å²) in [6, 6.07) is 0. The van der Waals surface area contributed by atoms with Gasteiger partial charge in [-0.3, -0.25) is 4.79 Å². The molecule has 6 nitrogen and oxygen atoms in total. The van der Waals surface area contributed by atoms with Crippen LogP contribution in [0.3, 0.4) is 0 Å². The second-order valence-electron chi connectivity index (χ2n) is 3.91. The van der Waals surface area contributed by atoms with Gasteiger partial charge in [-0.05, 0) is 18.6 Å². The Kier molecular flexibility index (Phi) is 3.78. The molecule has 92 valence electrons. The van der Waals surface area contributed by atoms with Crippen LogP contribution < -0.4 is 5.56 Å². The Morgan fingerprint density at radius 3 is 2.94 bits per heavy atom. The summed E-state index contributed by atoms with van der Waals surface area (Å²) < 4.78 is 2.96. The molecule has 0 aliphatic heterocycles. The molecule has 17 heavy (non-hydrogen) atoms. The third kappa shape index (κ3) is 2.49. The molecule has 2 heterocycles. The lowest BCUT2D eigenvalue weighted by Gasteiger charge is -2.02. The Morgan fingerprint density at radius 2 is 2.18 bits per heavy atom. The highest BCUT2D eigenvalue weighted by molar-refractivity contribution is 7.80. The standard InChI is InChI=1S/C10H15N5OS/c1-14-9-8(7-11-14)10(16)15(13-12-9)5-3-2-4-6-17/h7,17H,2-6H2,1H3. The van der Waals surface area contributed by atoms with Crippen molar-refractivity contribution in [2.45, 2.75) is 25.8 Å². The third-order valence-corrected chi connectivity index (χ3v) is 2.96. The van der Waals surface area contributed by atoms with Crippen LogP contribution in [0.25, 0.3) is 11.0 Å². The van der Waals surface area contributed by atoms with E-state index in [4.69, 9.17) is 0 Å². The fraction of sp³-hybridized carbons (Fsp3) is 0.600. The average molecular weight is 253 g/mol. The fourth-order valence-corrected chi connectivity index (χ4v) is 1.90. The van der Waals surface area contributed by atoms with E-state index in [9.17, 15) is 4.79 Å². The Labute approximate surface area is 104 Å². The van der Waals surface area contributed by atoms with Crippen molar-refractivity contribution in [1.29, 1.82) is 0 Å². The zero-order valence-corrected chi connectivity index (χ0v) is 10.6. The number of nitrogens with zero attached hydrogens (tertiary/aromatic N) is 5. The van der Waals surface area contributed by atoms with E-state index in [2.05, 4.69) is 28.0 Å². The first-order chi connectivity index (χ1) is 8.24. The summed E-state index contributed by atoms with van der Waals surface area (Å²) in [5, 5.41) is 12.4. The van der Waals surface area contributed by atoms with Crippen molar-refractivity contribution < 1.29 is 0 Å². The van der Waals surface area contributed by atoms with Crippen molar-refractivity contribution in [3.05, 3.63) is 16.6 Å². The van der Waals surface area contributed by atoms with Gasteiger partial charge in [-0.2, -0.15) is 17.7 Å². The molecule has 0 amide bonds. The molecule has 2 aromatic heterocycles. The minimum atomic E-state index is -0.117. The topological polar surface area (TPSA) is 65.6 Å². The molecule has 0 saturated heterocycles. The molecule has 0 fully saturated rings. The van der Waals surface area contributed by atoms with E-state index >= 15 is 0 Å². The Hall–Kier alpha value is -1.37. The molecule has 0 saturated carbocycles. The van der Waals surface area contributed by atoms with Crippen LogP contribution in [-0.2, 0) is 13.6 Å². The van der Waals surface area contributed by atoms with E-state index in [1.165, 1.54) is 10.9 Å². The summed E-state index contributed by atoms with van der Waals surface area (Å²) in [5.41, 5.74) is 0.413. The number of aromatic nitrogens is 5. The van der Waals surface area contributed by atoms with Gasteiger partial charge >= 0.3 is 0 Å². The van der Waals surface area contributed by atoms with Gasteiger partial charge in [0.05, 0.1) is 6.20 Å². The van der Waals surface area contributed by atoms with Crippen LogP contribution in [0.4, 0.5) is 0 Å². The molecule has 2 rings (SSSR count). The van der Waals surface area contributed by atoms with E-state index in [0.29, 0.717) is 17.6 Å². The maximum atomic E-state index is 12.0. The van der Waals surface area contributed by atoms with Crippen LogP contribution in [0, 0.1) is 0 Å². The highest BCUT2D eigenvalue weighted by Crippen LogP contribution is 2.03. The molecule has 0 radical (unpaired) electrons. The number of fused-ring (bicyclic) bond motifs is 1. The second-order valence-corrected chi connectivity index (χ2v) is 4.35. The summed E-state index contributed by atoms with van der Waals surface area (Å²) in [6.45, 7) is 0.602. The molecule has 0 aliphatic carbocycles. The number of hydrogen-bond acceptors (Lipinski definition) is 5. The normalized spacial score (nSPS) is 11.2. The lowest BCUT2D eigenvalue weighted by atomic mass is 10.2. The summed E-state index contributed by atoms with van der Waals surface area (Å²) >= 11 is 4.14. The average Bonchev–Trinajstić information content (AvgIpc) is 2.70. The summed E-state index contributed by atoms with van der Waals surface area (Å²) in [7, 11) is 1.74. The number of thiol groups is 1. The molecule has 0 aromatic carbocycles. The zero-order valence-electron chi connectivity index (χ0n) is 9.70. The van der Waals surface area contributed by atoms with Crippen LogP contribution >= 0.6 is 12.6 Å². The summed E-state index contributed by atoms with van der Waals surface area (Å²) in [5.74, 6) is 0.877. The molecular weight excluding hydrogens is 238 g/mol. The predicted octanol–water partition coefficient (Wildman–Crippen LogP) is 0.625. The highest BCUT2D eigenvalue weighted by atomic mass is 32.1. The minimum Gasteiger partial charge on any atom is -0.267 e. The molecule has 0 unspecified atom stereocenters. The van der Waals surface area contributed by atoms with Gasteiger partial charge in [-0.25, -0.2) is 9.36 Å². The number of hydrogen-bond donors (Lipinski definition) is 1. The van der Waals surface area contributed by atoms with Gasteiger partial charge in [0.1, 0.15) is 5.39 Å². The molecule has 0 aliphatic rings. The molecule has 2 aromatic rings. The van der Waals surface area contributed by atoms with Crippen LogP contribution in [0.5, 0.6) is 0 Å². The van der Waals surface area contributed by atoms with Crippen molar-refractivity contribution in [2.75, 3.05) is 5.75 Å². The van der Waals surface area contributed by atoms with Crippen LogP contribution in [0.15, 0.2) is 11.0 Å². The van der Waals surface area contributed by atoms with Gasteiger partial charge in [-0.15, -0.1) is 5.10 Å². The van der Waals surface area contributed by atoms with Gasteiger partial charge in [-0.1, -0.05) is 11.6 Å². The van der Waals surface area contributed by atoms with Crippen molar-refractivity contribution in [3.63, 3.8) is 0 Å². The van der Waals surface area contributed by atoms with Crippen molar-refractivity contribution in [3.8, 4) is 0 Å². The quantitative estimate of drug-likeness (QED) is 0.627. The Balaban J connectivity index is 2.18. The maximum absolute atomic E-state index is 12.0. The lowest BCUT2D eigenvalue weighted by molar-refractivity contribution is 0.508. The smallest absolute Gasteiger partial charge is 0.267 e. The maximum Gasteiger partial charge on any atom is 0.280 e. The van der Waals surface area contributed by atoms with Crippen molar-refractivity contribution >= 4 is 23.7 Å². The van der Waals surface area contributed by atoms with Crippen molar-refractivity contribution in [2.24, 2.45) is 7.05 Å². The first kappa shape index (κ1) is 12.1. The van der Waals surface area contributed by atoms with Crippen LogP contribution in [0.2, 0.25) is 0 Å². The number of aryl methyl sites for hydroxylation is 2. The predicted molar refractivity (Wildman–Crippen MR) is 68.3 cm³/mol. The third-order valence-electron chi connectivity index (χ3n) is 2.65. The molecule has 0 bridgehead atoms. The minimum absolute atomic E-state index is 0.117. The monoisotopic (exact) mass is 253 g/mol. The SMILES string of the molecule is Cn1ncc2c(=O)n(CCCCCS)nnc21. The molecule has 0 atom stereocenters. The summed E-state index contributed by atoms with van der Waals surface area (Å²) in [6.07, 6.45) is 4.56. The highest BCUT2D eigenvalue weighted by Gasteiger charge is 2.08. The first-order valence-electron chi connectivity index (χ1n) is 5.60. The Bertz CT molecular complexity index is 561. The second kappa shape index (κ2) is 5.31.